The number of esters is 1. The Balaban J connectivity index is 1.70. The summed E-state index contributed by atoms with van der Waals surface area (Å²) in [6.45, 7) is 1.89. The Morgan fingerprint density at radius 1 is 1.04 bits per heavy atom. The zero-order valence-corrected chi connectivity index (χ0v) is 16.1. The lowest BCUT2D eigenvalue weighted by Gasteiger charge is -2.10. The van der Waals surface area contributed by atoms with Crippen LogP contribution >= 0.6 is 11.6 Å². The average Bonchev–Trinajstić information content (AvgIpc) is 2.71. The number of methoxy groups -OCH3 is 1. The molecule has 6 nitrogen and oxygen atoms in total. The maximum Gasteiger partial charge on any atom is 0.337 e. The Kier molecular flexibility index (Phi) is 5.91. The summed E-state index contributed by atoms with van der Waals surface area (Å²) in [6, 6.07) is 15.5. The first-order valence-corrected chi connectivity index (χ1v) is 8.83. The maximum atomic E-state index is 12.4. The number of anilines is 3. The van der Waals surface area contributed by atoms with Gasteiger partial charge >= 0.3 is 5.97 Å². The molecular formula is C21H18ClN3O3. The van der Waals surface area contributed by atoms with Crippen LogP contribution in [0.4, 0.5) is 17.2 Å². The van der Waals surface area contributed by atoms with Gasteiger partial charge in [0.1, 0.15) is 5.82 Å². The Labute approximate surface area is 167 Å². The van der Waals surface area contributed by atoms with Crippen molar-refractivity contribution < 1.29 is 14.3 Å². The molecule has 0 bridgehead atoms. The highest BCUT2D eigenvalue weighted by Gasteiger charge is 2.10. The molecule has 0 aliphatic rings. The summed E-state index contributed by atoms with van der Waals surface area (Å²) >= 11 is 5.98. The fourth-order valence-corrected chi connectivity index (χ4v) is 2.69. The number of aryl methyl sites for hydroxylation is 1. The van der Waals surface area contributed by atoms with Crippen molar-refractivity contribution in [2.75, 3.05) is 17.7 Å². The van der Waals surface area contributed by atoms with Crippen LogP contribution in [0.1, 0.15) is 26.3 Å². The molecule has 2 N–H and O–H groups in total. The molecule has 0 spiro atoms. The molecule has 0 fully saturated rings. The van der Waals surface area contributed by atoms with Gasteiger partial charge in [0.2, 0.25) is 0 Å². The zero-order chi connectivity index (χ0) is 20.1. The van der Waals surface area contributed by atoms with Crippen molar-refractivity contribution in [1.29, 1.82) is 0 Å². The third-order valence-electron chi connectivity index (χ3n) is 4.03. The molecule has 0 radical (unpaired) electrons. The van der Waals surface area contributed by atoms with E-state index >= 15 is 0 Å². The molecule has 1 aromatic heterocycles. The molecule has 0 saturated heterocycles. The highest BCUT2D eigenvalue weighted by molar-refractivity contribution is 6.31. The number of nitrogens with zero attached hydrogens (tertiary/aromatic N) is 1. The van der Waals surface area contributed by atoms with Gasteiger partial charge in [-0.2, -0.15) is 0 Å². The molecular weight excluding hydrogens is 378 g/mol. The molecule has 0 unspecified atom stereocenters. The van der Waals surface area contributed by atoms with Gasteiger partial charge in [-0.3, -0.25) is 4.79 Å². The van der Waals surface area contributed by atoms with E-state index in [1.807, 2.05) is 13.0 Å². The smallest absolute Gasteiger partial charge is 0.337 e. The Hall–Kier alpha value is -3.38. The van der Waals surface area contributed by atoms with Gasteiger partial charge in [-0.05, 0) is 55.0 Å². The van der Waals surface area contributed by atoms with E-state index in [-0.39, 0.29) is 5.91 Å². The first kappa shape index (κ1) is 19.4. The number of benzene rings is 2. The number of hydrogen-bond donors (Lipinski definition) is 2. The van der Waals surface area contributed by atoms with Crippen LogP contribution in [-0.2, 0) is 4.74 Å². The summed E-state index contributed by atoms with van der Waals surface area (Å²) in [7, 11) is 1.33. The van der Waals surface area contributed by atoms with E-state index in [2.05, 4.69) is 15.6 Å². The number of carbonyl (C=O) groups is 2. The van der Waals surface area contributed by atoms with E-state index in [1.54, 1.807) is 48.5 Å². The second-order valence-corrected chi connectivity index (χ2v) is 6.48. The molecule has 2 aromatic carbocycles. The molecule has 0 aliphatic heterocycles. The molecule has 7 heteroatoms. The lowest BCUT2D eigenvalue weighted by atomic mass is 10.2. The lowest BCUT2D eigenvalue weighted by Crippen LogP contribution is -2.13. The summed E-state index contributed by atoms with van der Waals surface area (Å²) in [5.74, 6) is -0.158. The van der Waals surface area contributed by atoms with Crippen molar-refractivity contribution in [3.05, 3.63) is 82.5 Å². The maximum absolute atomic E-state index is 12.4. The minimum Gasteiger partial charge on any atom is -0.465 e. The number of rotatable bonds is 5. The van der Waals surface area contributed by atoms with Crippen LogP contribution in [0, 0.1) is 6.92 Å². The van der Waals surface area contributed by atoms with E-state index in [9.17, 15) is 9.59 Å². The number of amides is 1. The Bertz CT molecular complexity index is 1020. The minimum atomic E-state index is -0.417. The van der Waals surface area contributed by atoms with Gasteiger partial charge in [-0.15, -0.1) is 0 Å². The monoisotopic (exact) mass is 395 g/mol. The fourth-order valence-electron chi connectivity index (χ4n) is 2.52. The number of nitrogens with one attached hydrogen (secondary N) is 2. The first-order valence-electron chi connectivity index (χ1n) is 8.45. The van der Waals surface area contributed by atoms with Gasteiger partial charge < -0.3 is 15.4 Å². The molecule has 1 amide bonds. The molecule has 28 heavy (non-hydrogen) atoms. The molecule has 142 valence electrons. The SMILES string of the molecule is COC(=O)c1cccc(Nc2ccc(C(=O)Nc3cc(Cl)ccc3C)cn2)c1. The highest BCUT2D eigenvalue weighted by atomic mass is 35.5. The quantitative estimate of drug-likeness (QED) is 0.605. The van der Waals surface area contributed by atoms with E-state index in [1.165, 1.54) is 13.3 Å². The van der Waals surface area contributed by atoms with E-state index < -0.39 is 5.97 Å². The van der Waals surface area contributed by atoms with Crippen molar-refractivity contribution in [3.8, 4) is 0 Å². The fraction of sp³-hybridized carbons (Fsp3) is 0.0952. The predicted octanol–water partition coefficient (Wildman–Crippen LogP) is 4.83. The number of carbonyl (C=O) groups excluding carboxylic acids is 2. The summed E-state index contributed by atoms with van der Waals surface area (Å²) in [5.41, 5.74) is 3.09. The van der Waals surface area contributed by atoms with Crippen molar-refractivity contribution in [3.63, 3.8) is 0 Å². The van der Waals surface area contributed by atoms with Gasteiger partial charge in [0, 0.05) is 22.6 Å². The first-order chi connectivity index (χ1) is 13.5. The largest absolute Gasteiger partial charge is 0.465 e. The summed E-state index contributed by atoms with van der Waals surface area (Å²) < 4.78 is 4.71. The summed E-state index contributed by atoms with van der Waals surface area (Å²) in [5, 5.41) is 6.46. The van der Waals surface area contributed by atoms with E-state index in [0.717, 1.165) is 5.56 Å². The predicted molar refractivity (Wildman–Crippen MR) is 109 cm³/mol. The normalized spacial score (nSPS) is 10.2. The highest BCUT2D eigenvalue weighted by Crippen LogP contribution is 2.21. The number of halogens is 1. The number of pyridine rings is 1. The van der Waals surface area contributed by atoms with Crippen LogP contribution in [-0.4, -0.2) is 24.0 Å². The number of ether oxygens (including phenoxy) is 1. The van der Waals surface area contributed by atoms with Crippen molar-refractivity contribution in [1.82, 2.24) is 4.98 Å². The van der Waals surface area contributed by atoms with E-state index in [0.29, 0.717) is 33.3 Å². The number of aromatic nitrogens is 1. The Morgan fingerprint density at radius 2 is 1.86 bits per heavy atom. The van der Waals surface area contributed by atoms with Crippen molar-refractivity contribution in [2.24, 2.45) is 0 Å². The lowest BCUT2D eigenvalue weighted by molar-refractivity contribution is 0.0600. The third kappa shape index (κ3) is 4.66. The van der Waals surface area contributed by atoms with Crippen molar-refractivity contribution in [2.45, 2.75) is 6.92 Å². The van der Waals surface area contributed by atoms with Crippen LogP contribution in [0.15, 0.2) is 60.8 Å². The molecule has 3 aromatic rings. The van der Waals surface area contributed by atoms with Crippen LogP contribution < -0.4 is 10.6 Å². The van der Waals surface area contributed by atoms with Crippen molar-refractivity contribution >= 4 is 40.7 Å². The van der Waals surface area contributed by atoms with Gasteiger partial charge in [0.25, 0.3) is 5.91 Å². The zero-order valence-electron chi connectivity index (χ0n) is 15.3. The minimum absolute atomic E-state index is 0.280. The van der Waals surface area contributed by atoms with Crippen LogP contribution in [0.2, 0.25) is 5.02 Å². The summed E-state index contributed by atoms with van der Waals surface area (Å²) in [4.78, 5) is 28.3. The van der Waals surface area contributed by atoms with E-state index in [4.69, 9.17) is 16.3 Å². The number of hydrogen-bond acceptors (Lipinski definition) is 5. The standard InChI is InChI=1S/C21H18ClN3O3/c1-13-6-8-16(22)11-18(13)25-20(26)15-7-9-19(23-12-15)24-17-5-3-4-14(10-17)21(27)28-2/h3-12H,1-2H3,(H,23,24)(H,25,26). The van der Waals surface area contributed by atoms with Gasteiger partial charge in [-0.25, -0.2) is 9.78 Å². The second kappa shape index (κ2) is 8.54. The second-order valence-electron chi connectivity index (χ2n) is 6.04. The molecule has 0 aliphatic carbocycles. The van der Waals surface area contributed by atoms with Gasteiger partial charge in [0.05, 0.1) is 18.2 Å². The third-order valence-corrected chi connectivity index (χ3v) is 4.26. The van der Waals surface area contributed by atoms with Gasteiger partial charge in [-0.1, -0.05) is 23.7 Å². The average molecular weight is 396 g/mol. The topological polar surface area (TPSA) is 80.3 Å². The molecule has 0 atom stereocenters. The van der Waals surface area contributed by atoms with Crippen LogP contribution in [0.3, 0.4) is 0 Å². The van der Waals surface area contributed by atoms with Crippen LogP contribution in [0.25, 0.3) is 0 Å². The molecule has 0 saturated carbocycles. The van der Waals surface area contributed by atoms with Gasteiger partial charge in [0.15, 0.2) is 0 Å². The Morgan fingerprint density at radius 3 is 2.57 bits per heavy atom. The summed E-state index contributed by atoms with van der Waals surface area (Å²) in [6.07, 6.45) is 1.47. The molecule has 3 rings (SSSR count). The van der Waals surface area contributed by atoms with Crippen LogP contribution in [0.5, 0.6) is 0 Å². The molecule has 1 heterocycles.